The Hall–Kier alpha value is -1.69. The third-order valence-corrected chi connectivity index (χ3v) is 5.58. The van der Waals surface area contributed by atoms with Crippen LogP contribution in [0.1, 0.15) is 43.9 Å². The van der Waals surface area contributed by atoms with E-state index >= 15 is 0 Å². The lowest BCUT2D eigenvalue weighted by Crippen LogP contribution is -2.52. The number of aromatic nitrogens is 2. The van der Waals surface area contributed by atoms with E-state index in [2.05, 4.69) is 28.6 Å². The van der Waals surface area contributed by atoms with E-state index in [1.165, 1.54) is 19.3 Å². The molecule has 6 nitrogen and oxygen atoms in total. The van der Waals surface area contributed by atoms with Crippen molar-refractivity contribution in [2.24, 2.45) is 0 Å². The largest absolute Gasteiger partial charge is 0.345 e. The van der Waals surface area contributed by atoms with Crippen LogP contribution in [0.4, 0.5) is 5.95 Å². The molecule has 2 aliphatic rings. The first-order valence-electron chi connectivity index (χ1n) is 9.72. The summed E-state index contributed by atoms with van der Waals surface area (Å²) in [6.45, 7) is 9.98. The molecule has 1 aliphatic heterocycles. The van der Waals surface area contributed by atoms with E-state index in [9.17, 15) is 4.79 Å². The summed E-state index contributed by atoms with van der Waals surface area (Å²) in [5.74, 6) is 0.857. The normalized spacial score (nSPS) is 18.9. The fourth-order valence-electron chi connectivity index (χ4n) is 3.68. The fourth-order valence-corrected chi connectivity index (χ4v) is 3.68. The summed E-state index contributed by atoms with van der Waals surface area (Å²) in [4.78, 5) is 27.2. The highest BCUT2D eigenvalue weighted by Crippen LogP contribution is 2.26. The molecule has 1 aliphatic carbocycles. The van der Waals surface area contributed by atoms with Crippen LogP contribution in [0.5, 0.6) is 0 Å². The second kappa shape index (κ2) is 8.61. The molecular weight excluding hydrogens is 314 g/mol. The van der Waals surface area contributed by atoms with Crippen LogP contribution in [-0.2, 0) is 11.2 Å². The zero-order valence-electron chi connectivity index (χ0n) is 15.7. The molecule has 2 heterocycles. The van der Waals surface area contributed by atoms with Crippen LogP contribution in [0.25, 0.3) is 0 Å². The van der Waals surface area contributed by atoms with Crippen molar-refractivity contribution in [2.75, 3.05) is 44.2 Å². The minimum Gasteiger partial charge on any atom is -0.345 e. The van der Waals surface area contributed by atoms with Crippen LogP contribution in [0, 0.1) is 6.92 Å². The predicted octanol–water partition coefficient (Wildman–Crippen LogP) is 1.87. The van der Waals surface area contributed by atoms with Crippen LogP contribution in [0.15, 0.2) is 6.20 Å². The minimum absolute atomic E-state index is 0.737. The van der Waals surface area contributed by atoms with Crippen LogP contribution >= 0.6 is 0 Å². The molecule has 6 heteroatoms. The van der Waals surface area contributed by atoms with Gasteiger partial charge in [-0.2, -0.15) is 0 Å². The molecular formula is C19H31N5O. The molecule has 25 heavy (non-hydrogen) atoms. The topological polar surface area (TPSA) is 52.6 Å². The van der Waals surface area contributed by atoms with E-state index in [1.54, 1.807) is 0 Å². The van der Waals surface area contributed by atoms with Gasteiger partial charge in [0.2, 0.25) is 12.4 Å². The number of hydrogen-bond donors (Lipinski definition) is 0. The molecule has 0 unspecified atom stereocenters. The number of rotatable bonds is 8. The Labute approximate surface area is 151 Å². The van der Waals surface area contributed by atoms with Gasteiger partial charge in [-0.05, 0) is 38.2 Å². The van der Waals surface area contributed by atoms with Gasteiger partial charge < -0.3 is 9.80 Å². The second-order valence-electron chi connectivity index (χ2n) is 7.28. The van der Waals surface area contributed by atoms with Crippen molar-refractivity contribution in [3.63, 3.8) is 0 Å². The Morgan fingerprint density at radius 1 is 1.24 bits per heavy atom. The van der Waals surface area contributed by atoms with Crippen molar-refractivity contribution in [1.82, 2.24) is 19.8 Å². The highest BCUT2D eigenvalue weighted by molar-refractivity contribution is 5.47. The first kappa shape index (κ1) is 18.1. The second-order valence-corrected chi connectivity index (χ2v) is 7.28. The zero-order valence-corrected chi connectivity index (χ0v) is 15.7. The Bertz CT molecular complexity index is 567. The summed E-state index contributed by atoms with van der Waals surface area (Å²) in [5.41, 5.74) is 2.17. The monoisotopic (exact) mass is 345 g/mol. The van der Waals surface area contributed by atoms with Gasteiger partial charge in [-0.25, -0.2) is 9.97 Å². The Kier molecular flexibility index (Phi) is 6.24. The zero-order chi connectivity index (χ0) is 17.6. The summed E-state index contributed by atoms with van der Waals surface area (Å²) in [7, 11) is 0. The maximum atomic E-state index is 11.0. The number of hydrogen-bond acceptors (Lipinski definition) is 5. The minimum atomic E-state index is 0.737. The average Bonchev–Trinajstić information content (AvgIpc) is 2.58. The molecule has 0 spiro atoms. The molecule has 1 aromatic rings. The van der Waals surface area contributed by atoms with Crippen molar-refractivity contribution < 1.29 is 4.79 Å². The Morgan fingerprint density at radius 2 is 2.00 bits per heavy atom. The van der Waals surface area contributed by atoms with E-state index in [0.29, 0.717) is 0 Å². The summed E-state index contributed by atoms with van der Waals surface area (Å²) in [5, 5.41) is 0. The van der Waals surface area contributed by atoms with Crippen molar-refractivity contribution in [3.05, 3.63) is 17.5 Å². The van der Waals surface area contributed by atoms with Crippen LogP contribution in [0.2, 0.25) is 0 Å². The number of carbonyl (C=O) groups excluding carboxylic acids is 1. The number of piperazine rings is 1. The van der Waals surface area contributed by atoms with Gasteiger partial charge >= 0.3 is 0 Å². The molecule has 0 atom stereocenters. The molecule has 1 saturated carbocycles. The Balaban J connectivity index is 1.53. The highest BCUT2D eigenvalue weighted by Gasteiger charge is 2.28. The molecule has 138 valence electrons. The first-order valence-corrected chi connectivity index (χ1v) is 9.72. The SMILES string of the molecule is CCCN(C=O)CCc1cnc(N2CCN(C3CCC3)CC2)nc1C. The van der Waals surface area contributed by atoms with Gasteiger partial charge in [0, 0.05) is 57.2 Å². The van der Waals surface area contributed by atoms with Gasteiger partial charge in [-0.3, -0.25) is 9.69 Å². The van der Waals surface area contributed by atoms with Gasteiger partial charge in [0.25, 0.3) is 0 Å². The third kappa shape index (κ3) is 4.48. The smallest absolute Gasteiger partial charge is 0.225 e. The molecule has 2 fully saturated rings. The van der Waals surface area contributed by atoms with E-state index in [0.717, 1.165) is 81.8 Å². The fraction of sp³-hybridized carbons (Fsp3) is 0.737. The lowest BCUT2D eigenvalue weighted by molar-refractivity contribution is -0.118. The predicted molar refractivity (Wildman–Crippen MR) is 99.8 cm³/mol. The maximum absolute atomic E-state index is 11.0. The van der Waals surface area contributed by atoms with Crippen LogP contribution in [0.3, 0.4) is 0 Å². The van der Waals surface area contributed by atoms with E-state index in [4.69, 9.17) is 4.98 Å². The van der Waals surface area contributed by atoms with Crippen molar-refractivity contribution in [2.45, 2.75) is 52.0 Å². The lowest BCUT2D eigenvalue weighted by Gasteiger charge is -2.42. The molecule has 0 aromatic carbocycles. The van der Waals surface area contributed by atoms with Gasteiger partial charge in [-0.15, -0.1) is 0 Å². The van der Waals surface area contributed by atoms with Crippen LogP contribution < -0.4 is 4.90 Å². The molecule has 3 rings (SSSR count). The lowest BCUT2D eigenvalue weighted by atomic mass is 9.91. The first-order chi connectivity index (χ1) is 12.2. The third-order valence-electron chi connectivity index (χ3n) is 5.58. The number of carbonyl (C=O) groups is 1. The van der Waals surface area contributed by atoms with Crippen molar-refractivity contribution in [1.29, 1.82) is 0 Å². The molecule has 1 aromatic heterocycles. The molecule has 0 bridgehead atoms. The summed E-state index contributed by atoms with van der Waals surface area (Å²) >= 11 is 0. The van der Waals surface area contributed by atoms with Crippen molar-refractivity contribution in [3.8, 4) is 0 Å². The van der Waals surface area contributed by atoms with E-state index < -0.39 is 0 Å². The summed E-state index contributed by atoms with van der Waals surface area (Å²) in [6, 6.07) is 0.830. The molecule has 1 saturated heterocycles. The molecule has 0 N–H and O–H groups in total. The van der Waals surface area contributed by atoms with E-state index in [1.807, 2.05) is 11.1 Å². The number of amides is 1. The van der Waals surface area contributed by atoms with Gasteiger partial charge in [-0.1, -0.05) is 13.3 Å². The van der Waals surface area contributed by atoms with Gasteiger partial charge in [0.15, 0.2) is 0 Å². The number of aryl methyl sites for hydroxylation is 1. The van der Waals surface area contributed by atoms with Gasteiger partial charge in [0.05, 0.1) is 0 Å². The molecule has 0 radical (unpaired) electrons. The van der Waals surface area contributed by atoms with Gasteiger partial charge in [0.1, 0.15) is 0 Å². The van der Waals surface area contributed by atoms with E-state index in [-0.39, 0.29) is 0 Å². The number of anilines is 1. The van der Waals surface area contributed by atoms with Crippen LogP contribution in [-0.4, -0.2) is 71.5 Å². The standard InChI is InChI=1S/C19H31N5O/c1-3-8-22(15-25)9-7-17-14-20-19(21-16(17)2)24-12-10-23(11-13-24)18-5-4-6-18/h14-15,18H,3-13H2,1-2H3. The summed E-state index contributed by atoms with van der Waals surface area (Å²) in [6.07, 6.45) is 8.84. The van der Waals surface area contributed by atoms with Crippen molar-refractivity contribution >= 4 is 12.4 Å². The molecule has 1 amide bonds. The quantitative estimate of drug-likeness (QED) is 0.673. The highest BCUT2D eigenvalue weighted by atomic mass is 16.1. The number of nitrogens with zero attached hydrogens (tertiary/aromatic N) is 5. The average molecular weight is 345 g/mol. The summed E-state index contributed by atoms with van der Waals surface area (Å²) < 4.78 is 0. The Morgan fingerprint density at radius 3 is 2.56 bits per heavy atom. The maximum Gasteiger partial charge on any atom is 0.225 e.